The van der Waals surface area contributed by atoms with E-state index in [1.54, 1.807) is 0 Å². The van der Waals surface area contributed by atoms with Crippen LogP contribution in [-0.2, 0) is 13.0 Å². The summed E-state index contributed by atoms with van der Waals surface area (Å²) in [7, 11) is 0. The second-order valence-corrected chi connectivity index (χ2v) is 5.99. The third-order valence-corrected chi connectivity index (χ3v) is 4.36. The molecule has 5 heteroatoms. The highest BCUT2D eigenvalue weighted by Gasteiger charge is 2.11. The van der Waals surface area contributed by atoms with Crippen LogP contribution in [0.2, 0.25) is 10.0 Å². The lowest BCUT2D eigenvalue weighted by atomic mass is 10.2. The Morgan fingerprint density at radius 3 is 2.64 bits per heavy atom. The topological polar surface area (TPSA) is 38.1 Å². The standard InChI is InChI=1S/C17H16Cl2N2O/c18-13-8-7-12(10-14(13)19)11-21-16-5-2-1-4-15(16)20-17(21)6-3-9-22/h1-2,4-5,7-8,10,22H,3,6,9,11H2. The highest BCUT2D eigenvalue weighted by molar-refractivity contribution is 6.42. The Hall–Kier alpha value is -1.55. The second kappa shape index (κ2) is 6.69. The normalized spacial score (nSPS) is 11.2. The van der Waals surface area contributed by atoms with E-state index in [9.17, 15) is 0 Å². The van der Waals surface area contributed by atoms with Crippen LogP contribution in [0, 0.1) is 0 Å². The first-order chi connectivity index (χ1) is 10.7. The molecule has 0 atom stereocenters. The summed E-state index contributed by atoms with van der Waals surface area (Å²) in [6.45, 7) is 0.841. The molecule has 1 N–H and O–H groups in total. The minimum Gasteiger partial charge on any atom is -0.396 e. The fourth-order valence-corrected chi connectivity index (χ4v) is 2.87. The van der Waals surface area contributed by atoms with Crippen molar-refractivity contribution in [1.29, 1.82) is 0 Å². The van der Waals surface area contributed by atoms with Gasteiger partial charge in [0, 0.05) is 19.6 Å². The largest absolute Gasteiger partial charge is 0.396 e. The van der Waals surface area contributed by atoms with Gasteiger partial charge in [0.05, 0.1) is 21.1 Å². The van der Waals surface area contributed by atoms with Crippen molar-refractivity contribution in [2.24, 2.45) is 0 Å². The van der Waals surface area contributed by atoms with E-state index < -0.39 is 0 Å². The van der Waals surface area contributed by atoms with E-state index in [2.05, 4.69) is 15.6 Å². The number of hydrogen-bond acceptors (Lipinski definition) is 2. The minimum absolute atomic E-state index is 0.163. The number of halogens is 2. The summed E-state index contributed by atoms with van der Waals surface area (Å²) >= 11 is 12.1. The molecule has 0 amide bonds. The molecule has 114 valence electrons. The molecule has 0 spiro atoms. The predicted molar refractivity (Wildman–Crippen MR) is 90.7 cm³/mol. The van der Waals surface area contributed by atoms with Crippen LogP contribution in [0.4, 0.5) is 0 Å². The van der Waals surface area contributed by atoms with Gasteiger partial charge in [0.2, 0.25) is 0 Å². The average Bonchev–Trinajstić information content (AvgIpc) is 2.87. The molecule has 0 saturated carbocycles. The van der Waals surface area contributed by atoms with Crippen molar-refractivity contribution in [2.45, 2.75) is 19.4 Å². The van der Waals surface area contributed by atoms with E-state index in [-0.39, 0.29) is 6.61 Å². The maximum absolute atomic E-state index is 9.08. The predicted octanol–water partition coefficient (Wildman–Crippen LogP) is 4.32. The highest BCUT2D eigenvalue weighted by Crippen LogP contribution is 2.25. The smallest absolute Gasteiger partial charge is 0.110 e. The lowest BCUT2D eigenvalue weighted by molar-refractivity contribution is 0.287. The summed E-state index contributed by atoms with van der Waals surface area (Å²) in [5.74, 6) is 0.973. The monoisotopic (exact) mass is 334 g/mol. The van der Waals surface area contributed by atoms with Crippen LogP contribution in [0.1, 0.15) is 17.8 Å². The Kier molecular flexibility index (Phi) is 4.67. The lowest BCUT2D eigenvalue weighted by Gasteiger charge is -2.10. The Balaban J connectivity index is 2.01. The number of benzene rings is 2. The summed E-state index contributed by atoms with van der Waals surface area (Å²) in [4.78, 5) is 4.68. The maximum Gasteiger partial charge on any atom is 0.110 e. The first kappa shape index (κ1) is 15.3. The molecule has 3 aromatic rings. The molecule has 0 saturated heterocycles. The Labute approximate surface area is 139 Å². The average molecular weight is 335 g/mol. The van der Waals surface area contributed by atoms with Crippen LogP contribution < -0.4 is 0 Å². The molecular formula is C17H16Cl2N2O. The first-order valence-corrected chi connectivity index (χ1v) is 7.93. The molecule has 1 heterocycles. The number of aromatic nitrogens is 2. The number of para-hydroxylation sites is 2. The molecule has 1 aromatic heterocycles. The van der Waals surface area contributed by atoms with Gasteiger partial charge in [0.25, 0.3) is 0 Å². The fraction of sp³-hybridized carbons (Fsp3) is 0.235. The van der Waals surface area contributed by atoms with Crippen LogP contribution in [0.25, 0.3) is 11.0 Å². The van der Waals surface area contributed by atoms with E-state index in [1.165, 1.54) is 0 Å². The van der Waals surface area contributed by atoms with Crippen molar-refractivity contribution in [1.82, 2.24) is 9.55 Å². The molecule has 0 bridgehead atoms. The van der Waals surface area contributed by atoms with Crippen molar-refractivity contribution < 1.29 is 5.11 Å². The van der Waals surface area contributed by atoms with Gasteiger partial charge < -0.3 is 9.67 Å². The number of aliphatic hydroxyl groups is 1. The molecule has 0 aliphatic heterocycles. The summed E-state index contributed by atoms with van der Waals surface area (Å²) in [6, 6.07) is 13.7. The Morgan fingerprint density at radius 1 is 1.05 bits per heavy atom. The molecule has 0 aliphatic carbocycles. The third kappa shape index (κ3) is 3.12. The first-order valence-electron chi connectivity index (χ1n) is 7.18. The highest BCUT2D eigenvalue weighted by atomic mass is 35.5. The number of aliphatic hydroxyl groups excluding tert-OH is 1. The van der Waals surface area contributed by atoms with Crippen molar-refractivity contribution in [2.75, 3.05) is 6.61 Å². The minimum atomic E-state index is 0.163. The lowest BCUT2D eigenvalue weighted by Crippen LogP contribution is -2.06. The molecule has 3 rings (SSSR count). The van der Waals surface area contributed by atoms with Gasteiger partial charge >= 0.3 is 0 Å². The SMILES string of the molecule is OCCCc1nc2ccccc2n1Cc1ccc(Cl)c(Cl)c1. The zero-order valence-electron chi connectivity index (χ0n) is 12.0. The molecule has 22 heavy (non-hydrogen) atoms. The van der Waals surface area contributed by atoms with Gasteiger partial charge in [0.1, 0.15) is 5.82 Å². The van der Waals surface area contributed by atoms with Crippen molar-refractivity contribution in [3.63, 3.8) is 0 Å². The van der Waals surface area contributed by atoms with Gasteiger partial charge in [-0.3, -0.25) is 0 Å². The number of rotatable bonds is 5. The third-order valence-electron chi connectivity index (χ3n) is 3.62. The van der Waals surface area contributed by atoms with Crippen molar-refractivity contribution in [3.8, 4) is 0 Å². The van der Waals surface area contributed by atoms with Gasteiger partial charge in [-0.1, -0.05) is 41.4 Å². The number of hydrogen-bond donors (Lipinski definition) is 1. The number of imidazole rings is 1. The summed E-state index contributed by atoms with van der Waals surface area (Å²) < 4.78 is 2.17. The van der Waals surface area contributed by atoms with E-state index in [0.29, 0.717) is 23.0 Å². The van der Waals surface area contributed by atoms with Gasteiger partial charge in [-0.05, 0) is 36.2 Å². The summed E-state index contributed by atoms with van der Waals surface area (Å²) in [5, 5.41) is 10.2. The fourth-order valence-electron chi connectivity index (χ4n) is 2.55. The molecule has 3 nitrogen and oxygen atoms in total. The molecule has 0 fully saturated rings. The maximum atomic E-state index is 9.08. The molecular weight excluding hydrogens is 319 g/mol. The van der Waals surface area contributed by atoms with Crippen LogP contribution >= 0.6 is 23.2 Å². The van der Waals surface area contributed by atoms with Crippen LogP contribution in [0.15, 0.2) is 42.5 Å². The van der Waals surface area contributed by atoms with E-state index >= 15 is 0 Å². The molecule has 0 aliphatic rings. The van der Waals surface area contributed by atoms with Gasteiger partial charge in [-0.2, -0.15) is 0 Å². The van der Waals surface area contributed by atoms with Gasteiger partial charge in [-0.15, -0.1) is 0 Å². The van der Waals surface area contributed by atoms with Crippen LogP contribution in [0.5, 0.6) is 0 Å². The molecule has 0 radical (unpaired) electrons. The second-order valence-electron chi connectivity index (χ2n) is 5.18. The molecule has 0 unspecified atom stereocenters. The summed E-state index contributed by atoms with van der Waals surface area (Å²) in [5.41, 5.74) is 3.12. The number of fused-ring (bicyclic) bond motifs is 1. The number of aryl methyl sites for hydroxylation is 1. The van der Waals surface area contributed by atoms with E-state index in [1.807, 2.05) is 36.4 Å². The van der Waals surface area contributed by atoms with E-state index in [4.69, 9.17) is 28.3 Å². The van der Waals surface area contributed by atoms with Crippen LogP contribution in [0.3, 0.4) is 0 Å². The zero-order chi connectivity index (χ0) is 15.5. The van der Waals surface area contributed by atoms with Crippen molar-refractivity contribution >= 4 is 34.2 Å². The van der Waals surface area contributed by atoms with Crippen molar-refractivity contribution in [3.05, 3.63) is 63.9 Å². The number of nitrogens with zero attached hydrogens (tertiary/aromatic N) is 2. The van der Waals surface area contributed by atoms with Gasteiger partial charge in [-0.25, -0.2) is 4.98 Å². The molecule has 2 aromatic carbocycles. The van der Waals surface area contributed by atoms with Gasteiger partial charge in [0.15, 0.2) is 0 Å². The summed E-state index contributed by atoms with van der Waals surface area (Å²) in [6.07, 6.45) is 1.44. The van der Waals surface area contributed by atoms with E-state index in [0.717, 1.165) is 28.8 Å². The van der Waals surface area contributed by atoms with Crippen LogP contribution in [-0.4, -0.2) is 21.3 Å². The quantitative estimate of drug-likeness (QED) is 0.754. The Bertz CT molecular complexity index is 798. The zero-order valence-corrected chi connectivity index (χ0v) is 13.5. The Morgan fingerprint density at radius 2 is 1.86 bits per heavy atom.